The van der Waals surface area contributed by atoms with E-state index in [-0.39, 0.29) is 34.0 Å². The van der Waals surface area contributed by atoms with E-state index in [1.165, 1.54) is 41.4 Å². The van der Waals surface area contributed by atoms with Crippen molar-refractivity contribution < 1.29 is 23.9 Å². The third kappa shape index (κ3) is 6.38. The van der Waals surface area contributed by atoms with Crippen LogP contribution in [0.15, 0.2) is 67.0 Å². The molecule has 47 heavy (non-hydrogen) atoms. The second-order valence-corrected chi connectivity index (χ2v) is 12.6. The molecule has 1 saturated heterocycles. The number of ketones is 1. The number of hydrogen-bond acceptors (Lipinski definition) is 8. The van der Waals surface area contributed by atoms with E-state index < -0.39 is 29.3 Å². The fraction of sp³-hybridized carbons (Fsp3) is 0.294. The number of carboxylic acids is 1. The lowest BCUT2D eigenvalue weighted by Crippen LogP contribution is -2.56. The number of nitrogens with zero attached hydrogens (tertiary/aromatic N) is 6. The molecule has 4 aromatic rings. The number of hydrogen-bond donors (Lipinski definition) is 2. The highest BCUT2D eigenvalue weighted by Gasteiger charge is 2.45. The molecule has 1 aromatic heterocycles. The number of anilines is 1. The molecule has 0 aliphatic carbocycles. The Labute approximate surface area is 275 Å². The average molecular weight is 658 g/mol. The molecule has 6 rings (SSSR count). The summed E-state index contributed by atoms with van der Waals surface area (Å²) in [6.07, 6.45) is 4.34. The molecule has 242 valence electrons. The molecule has 2 N–H and O–H groups in total. The van der Waals surface area contributed by atoms with E-state index in [1.807, 2.05) is 26.0 Å². The van der Waals surface area contributed by atoms with Crippen LogP contribution in [-0.4, -0.2) is 79.6 Å². The van der Waals surface area contributed by atoms with Gasteiger partial charge < -0.3 is 20.2 Å². The molecule has 0 saturated carbocycles. The van der Waals surface area contributed by atoms with Gasteiger partial charge in [-0.1, -0.05) is 35.9 Å². The first kappa shape index (κ1) is 32.0. The zero-order chi connectivity index (χ0) is 33.3. The summed E-state index contributed by atoms with van der Waals surface area (Å²) in [6, 6.07) is 14.0. The lowest BCUT2D eigenvalue weighted by atomic mass is 9.78. The van der Waals surface area contributed by atoms with E-state index >= 15 is 4.39 Å². The molecule has 11 nitrogen and oxygen atoms in total. The second-order valence-electron chi connectivity index (χ2n) is 12.2. The molecule has 2 aliphatic rings. The van der Waals surface area contributed by atoms with Gasteiger partial charge in [-0.15, -0.1) is 5.10 Å². The maximum Gasteiger partial charge on any atom is 0.335 e. The van der Waals surface area contributed by atoms with Gasteiger partial charge in [-0.25, -0.2) is 9.18 Å². The van der Waals surface area contributed by atoms with E-state index in [1.54, 1.807) is 23.1 Å². The lowest BCUT2D eigenvalue weighted by Gasteiger charge is -2.49. The predicted octanol–water partition coefficient (Wildman–Crippen LogP) is 4.29. The van der Waals surface area contributed by atoms with Gasteiger partial charge in [0.25, 0.3) is 0 Å². The Morgan fingerprint density at radius 2 is 1.81 bits per heavy atom. The van der Waals surface area contributed by atoms with Crippen LogP contribution in [0.1, 0.15) is 52.5 Å². The minimum Gasteiger partial charge on any atom is -0.478 e. The molecule has 2 aliphatic heterocycles. The van der Waals surface area contributed by atoms with Crippen molar-refractivity contribution in [2.75, 3.05) is 31.1 Å². The summed E-state index contributed by atoms with van der Waals surface area (Å²) in [4.78, 5) is 43.9. The van der Waals surface area contributed by atoms with Crippen LogP contribution in [0.5, 0.6) is 0 Å². The van der Waals surface area contributed by atoms with Crippen molar-refractivity contribution in [3.63, 3.8) is 0 Å². The largest absolute Gasteiger partial charge is 0.478 e. The highest BCUT2D eigenvalue weighted by atomic mass is 35.5. The average Bonchev–Trinajstić information content (AvgIpc) is 3.59. The van der Waals surface area contributed by atoms with Crippen LogP contribution in [-0.2, 0) is 22.4 Å². The van der Waals surface area contributed by atoms with E-state index in [9.17, 15) is 19.5 Å². The first-order chi connectivity index (χ1) is 22.5. The van der Waals surface area contributed by atoms with Crippen molar-refractivity contribution in [1.29, 1.82) is 0 Å². The van der Waals surface area contributed by atoms with Crippen LogP contribution in [0.25, 0.3) is 11.8 Å². The first-order valence-electron chi connectivity index (χ1n) is 15.2. The highest BCUT2D eigenvalue weighted by molar-refractivity contribution is 6.31. The Bertz CT molecular complexity index is 1850. The number of halogens is 2. The minimum absolute atomic E-state index is 0.00996. The Balaban J connectivity index is 1.42. The van der Waals surface area contributed by atoms with Crippen LogP contribution in [0, 0.1) is 5.82 Å². The number of carboxylic acid groups (broad SMARTS) is 1. The number of tetrazole rings is 1. The molecule has 3 aromatic carbocycles. The summed E-state index contributed by atoms with van der Waals surface area (Å²) in [5.41, 5.74) is 2.98. The van der Waals surface area contributed by atoms with Gasteiger partial charge in [-0.2, -0.15) is 4.68 Å². The van der Waals surface area contributed by atoms with E-state index in [2.05, 4.69) is 31.8 Å². The zero-order valence-electron chi connectivity index (χ0n) is 25.9. The Morgan fingerprint density at radius 1 is 1.06 bits per heavy atom. The summed E-state index contributed by atoms with van der Waals surface area (Å²) < 4.78 is 16.6. The number of Topliss-reactive ketones (excluding diaryl/α,β-unsaturated/α-hetero) is 1. The van der Waals surface area contributed by atoms with Crippen molar-refractivity contribution >= 4 is 41.0 Å². The third-order valence-electron chi connectivity index (χ3n) is 8.68. The highest BCUT2D eigenvalue weighted by Crippen LogP contribution is 2.44. The molecule has 1 atom stereocenters. The number of fused-ring (bicyclic) bond motifs is 1. The predicted molar refractivity (Wildman–Crippen MR) is 174 cm³/mol. The number of benzene rings is 3. The van der Waals surface area contributed by atoms with Gasteiger partial charge in [0.1, 0.15) is 12.4 Å². The van der Waals surface area contributed by atoms with Crippen LogP contribution in [0.2, 0.25) is 5.02 Å². The van der Waals surface area contributed by atoms with Crippen LogP contribution >= 0.6 is 11.6 Å². The normalized spacial score (nSPS) is 17.5. The van der Waals surface area contributed by atoms with Gasteiger partial charge in [0.2, 0.25) is 5.91 Å². The van der Waals surface area contributed by atoms with Crippen molar-refractivity contribution in [2.45, 2.75) is 38.3 Å². The summed E-state index contributed by atoms with van der Waals surface area (Å²) in [5, 5.41) is 23.7. The second kappa shape index (κ2) is 13.0. The summed E-state index contributed by atoms with van der Waals surface area (Å²) in [7, 11) is 0. The van der Waals surface area contributed by atoms with Gasteiger partial charge in [0.15, 0.2) is 11.6 Å². The minimum atomic E-state index is -1.06. The molecular formula is C34H33ClFN7O4. The maximum absolute atomic E-state index is 15.4. The van der Waals surface area contributed by atoms with Crippen molar-refractivity contribution in [3.05, 3.63) is 106 Å². The summed E-state index contributed by atoms with van der Waals surface area (Å²) in [6.45, 7) is 7.14. The number of nitrogens with one attached hydrogen (secondary N) is 1. The number of rotatable bonds is 8. The topological polar surface area (TPSA) is 134 Å². The summed E-state index contributed by atoms with van der Waals surface area (Å²) in [5.74, 6) is -2.53. The molecule has 1 amide bonds. The molecular weight excluding hydrogens is 625 g/mol. The number of carbonyl (C=O) groups excluding carboxylic acids is 2. The smallest absolute Gasteiger partial charge is 0.335 e. The molecule has 13 heteroatoms. The number of amides is 1. The molecule has 1 fully saturated rings. The van der Waals surface area contributed by atoms with Gasteiger partial charge >= 0.3 is 5.97 Å². The van der Waals surface area contributed by atoms with E-state index in [0.717, 1.165) is 43.0 Å². The van der Waals surface area contributed by atoms with Crippen LogP contribution in [0.4, 0.5) is 10.1 Å². The number of aromatic carboxylic acids is 1. The van der Waals surface area contributed by atoms with Gasteiger partial charge in [0, 0.05) is 55.5 Å². The van der Waals surface area contributed by atoms with E-state index in [0.29, 0.717) is 12.0 Å². The monoisotopic (exact) mass is 657 g/mol. The fourth-order valence-corrected chi connectivity index (χ4v) is 6.64. The molecule has 3 heterocycles. The zero-order valence-corrected chi connectivity index (χ0v) is 26.6. The molecule has 0 bridgehead atoms. The van der Waals surface area contributed by atoms with Crippen molar-refractivity contribution in [3.8, 4) is 5.69 Å². The maximum atomic E-state index is 15.4. The quantitative estimate of drug-likeness (QED) is 0.266. The van der Waals surface area contributed by atoms with Crippen molar-refractivity contribution in [2.24, 2.45) is 0 Å². The van der Waals surface area contributed by atoms with Crippen molar-refractivity contribution in [1.82, 2.24) is 30.4 Å². The third-order valence-corrected chi connectivity index (χ3v) is 8.97. The number of piperazine rings is 1. The lowest BCUT2D eigenvalue weighted by molar-refractivity contribution is -0.143. The number of carbonyl (C=O) groups is 3. The van der Waals surface area contributed by atoms with Gasteiger partial charge in [0.05, 0.1) is 16.3 Å². The molecule has 0 unspecified atom stereocenters. The Morgan fingerprint density at radius 3 is 2.49 bits per heavy atom. The van der Waals surface area contributed by atoms with Gasteiger partial charge in [-0.05, 0) is 83.8 Å². The van der Waals surface area contributed by atoms with Crippen LogP contribution in [0.3, 0.4) is 0 Å². The SMILES string of the molecule is CC1(C)Cc2c(cccc2N2CCNCC2)[C@H](C(=O)Cc2ccc(C(=O)O)cc2)N1C(=O)/C=C/c1c(-n2cnnn2)ccc(Cl)c1F. The number of aromatic nitrogens is 4. The fourth-order valence-electron chi connectivity index (χ4n) is 6.48. The first-order valence-corrected chi connectivity index (χ1v) is 15.6. The van der Waals surface area contributed by atoms with Gasteiger partial charge in [-0.3, -0.25) is 9.59 Å². The standard InChI is InChI=1S/C34H33ClFN7O4/c1-34(2)19-25-23(4-3-5-27(25)41-16-14-37-15-17-41)32(29(44)18-21-6-8-22(9-7-21)33(46)47)43(34)30(45)13-10-24-28(42-20-38-39-40-42)12-11-26(35)31(24)36/h3-13,20,32,37H,14-19H2,1-2H3,(H,46,47)/b13-10+/t32-/m1/s1. The Hall–Kier alpha value is -4.94. The summed E-state index contributed by atoms with van der Waals surface area (Å²) >= 11 is 6.11. The van der Waals surface area contributed by atoms with E-state index in [4.69, 9.17) is 11.6 Å². The Kier molecular flexibility index (Phi) is 8.89. The van der Waals surface area contributed by atoms with Crippen LogP contribution < -0.4 is 10.2 Å². The molecule has 0 radical (unpaired) electrons. The molecule has 0 spiro atoms.